The first kappa shape index (κ1) is 12.7. The van der Waals surface area contributed by atoms with Crippen LogP contribution in [-0.2, 0) is 6.54 Å². The summed E-state index contributed by atoms with van der Waals surface area (Å²) >= 11 is 3.49. The van der Waals surface area contributed by atoms with Gasteiger partial charge in [-0.05, 0) is 23.6 Å². The first-order valence-corrected chi connectivity index (χ1v) is 7.11. The van der Waals surface area contributed by atoms with E-state index < -0.39 is 6.10 Å². The van der Waals surface area contributed by atoms with Crippen LogP contribution in [0.1, 0.15) is 4.88 Å². The van der Waals surface area contributed by atoms with Crippen molar-refractivity contribution in [1.29, 1.82) is 0 Å². The van der Waals surface area contributed by atoms with E-state index in [-0.39, 0.29) is 6.61 Å². The van der Waals surface area contributed by atoms with Crippen LogP contribution >= 0.6 is 22.7 Å². The van der Waals surface area contributed by atoms with Gasteiger partial charge in [0.15, 0.2) is 0 Å². The third-order valence-corrected chi connectivity index (χ3v) is 4.47. The van der Waals surface area contributed by atoms with E-state index in [1.807, 2.05) is 0 Å². The molecule has 0 radical (unpaired) electrons. The lowest BCUT2D eigenvalue weighted by molar-refractivity contribution is 0.0943. The number of hydrogen-bond donors (Lipinski definition) is 3. The molecule has 0 aromatic carbocycles. The van der Waals surface area contributed by atoms with Gasteiger partial charge in [0.25, 0.3) is 0 Å². The van der Waals surface area contributed by atoms with Gasteiger partial charge in [-0.3, -0.25) is 0 Å². The topological polar surface area (TPSA) is 52.5 Å². The Kier molecular flexibility index (Phi) is 4.70. The molecule has 1 unspecified atom stereocenters. The lowest BCUT2D eigenvalue weighted by Crippen LogP contribution is -2.28. The number of nitrogens with one attached hydrogen (secondary N) is 1. The van der Waals surface area contributed by atoms with Gasteiger partial charge in [0.1, 0.15) is 0 Å². The molecule has 0 aliphatic carbocycles. The predicted octanol–water partition coefficient (Wildman–Crippen LogP) is 1.92. The fraction of sp³-hybridized carbons (Fsp3) is 0.333. The third-order valence-electron chi connectivity index (χ3n) is 2.32. The highest BCUT2D eigenvalue weighted by atomic mass is 32.1. The van der Waals surface area contributed by atoms with Crippen molar-refractivity contribution in [3.05, 3.63) is 34.5 Å². The minimum atomic E-state index is -0.674. The van der Waals surface area contributed by atoms with Gasteiger partial charge >= 0.3 is 0 Å². The molecule has 0 saturated carbocycles. The predicted molar refractivity (Wildman–Crippen MR) is 72.4 cm³/mol. The van der Waals surface area contributed by atoms with E-state index in [1.54, 1.807) is 22.7 Å². The maximum Gasteiger partial charge on any atom is 0.0895 e. The van der Waals surface area contributed by atoms with Crippen LogP contribution in [0.3, 0.4) is 0 Å². The highest BCUT2D eigenvalue weighted by molar-refractivity contribution is 7.21. The van der Waals surface area contributed by atoms with Crippen LogP contribution in [0.4, 0.5) is 0 Å². The Bertz CT molecular complexity index is 439. The molecule has 2 heterocycles. The van der Waals surface area contributed by atoms with Crippen LogP contribution < -0.4 is 5.32 Å². The molecule has 0 fully saturated rings. The number of thiophene rings is 2. The first-order valence-electron chi connectivity index (χ1n) is 5.42. The van der Waals surface area contributed by atoms with Gasteiger partial charge in [-0.1, -0.05) is 6.07 Å². The highest BCUT2D eigenvalue weighted by Crippen LogP contribution is 2.31. The van der Waals surface area contributed by atoms with Gasteiger partial charge in [-0.25, -0.2) is 0 Å². The smallest absolute Gasteiger partial charge is 0.0895 e. The summed E-state index contributed by atoms with van der Waals surface area (Å²) in [5.41, 5.74) is 0. The molecule has 0 amide bonds. The number of rotatable bonds is 6. The minimum Gasteiger partial charge on any atom is -0.394 e. The summed E-state index contributed by atoms with van der Waals surface area (Å²) in [6, 6.07) is 8.38. The van der Waals surface area contributed by atoms with E-state index in [9.17, 15) is 5.11 Å². The summed E-state index contributed by atoms with van der Waals surface area (Å²) < 4.78 is 0. The second kappa shape index (κ2) is 6.28. The lowest BCUT2D eigenvalue weighted by atomic mass is 10.3. The van der Waals surface area contributed by atoms with Crippen LogP contribution in [0.2, 0.25) is 0 Å². The summed E-state index contributed by atoms with van der Waals surface area (Å²) in [6.07, 6.45) is -0.674. The van der Waals surface area contributed by atoms with Crippen LogP contribution in [0.15, 0.2) is 29.6 Å². The molecule has 2 aromatic rings. The van der Waals surface area contributed by atoms with Crippen molar-refractivity contribution >= 4 is 22.7 Å². The molecule has 0 aliphatic heterocycles. The first-order chi connectivity index (χ1) is 8.29. The van der Waals surface area contributed by atoms with Crippen LogP contribution in [0, 0.1) is 0 Å². The van der Waals surface area contributed by atoms with Gasteiger partial charge < -0.3 is 15.5 Å². The fourth-order valence-corrected chi connectivity index (χ4v) is 3.26. The molecule has 3 nitrogen and oxygen atoms in total. The number of hydrogen-bond acceptors (Lipinski definition) is 5. The van der Waals surface area contributed by atoms with E-state index in [2.05, 4.69) is 35.0 Å². The van der Waals surface area contributed by atoms with Crippen molar-refractivity contribution in [3.8, 4) is 9.75 Å². The van der Waals surface area contributed by atoms with Crippen LogP contribution in [-0.4, -0.2) is 29.5 Å². The van der Waals surface area contributed by atoms with Crippen molar-refractivity contribution in [3.63, 3.8) is 0 Å². The quantitative estimate of drug-likeness (QED) is 0.751. The molecule has 5 heteroatoms. The third kappa shape index (κ3) is 3.62. The van der Waals surface area contributed by atoms with E-state index in [4.69, 9.17) is 5.11 Å². The van der Waals surface area contributed by atoms with Crippen molar-refractivity contribution in [2.24, 2.45) is 0 Å². The highest BCUT2D eigenvalue weighted by Gasteiger charge is 2.05. The van der Waals surface area contributed by atoms with Gasteiger partial charge in [-0.15, -0.1) is 22.7 Å². The molecule has 1 atom stereocenters. The molecule has 0 saturated heterocycles. The zero-order valence-corrected chi connectivity index (χ0v) is 10.9. The van der Waals surface area contributed by atoms with Gasteiger partial charge in [0, 0.05) is 27.7 Å². The summed E-state index contributed by atoms with van der Waals surface area (Å²) in [5.74, 6) is 0. The maximum absolute atomic E-state index is 9.18. The normalized spacial score (nSPS) is 12.8. The van der Waals surface area contributed by atoms with E-state index in [0.717, 1.165) is 6.54 Å². The maximum atomic E-state index is 9.18. The van der Waals surface area contributed by atoms with Gasteiger partial charge in [0.05, 0.1) is 12.7 Å². The Labute approximate surface area is 108 Å². The molecule has 0 bridgehead atoms. The zero-order chi connectivity index (χ0) is 12.1. The molecule has 0 aliphatic rings. The Morgan fingerprint density at radius 3 is 2.82 bits per heavy atom. The Morgan fingerprint density at radius 2 is 2.12 bits per heavy atom. The van der Waals surface area contributed by atoms with E-state index in [0.29, 0.717) is 6.54 Å². The van der Waals surface area contributed by atoms with E-state index in [1.165, 1.54) is 14.6 Å². The molecular weight excluding hydrogens is 254 g/mol. The van der Waals surface area contributed by atoms with Crippen LogP contribution in [0.5, 0.6) is 0 Å². The second-order valence-electron chi connectivity index (χ2n) is 3.71. The van der Waals surface area contributed by atoms with Gasteiger partial charge in [-0.2, -0.15) is 0 Å². The average molecular weight is 269 g/mol. The van der Waals surface area contributed by atoms with Crippen molar-refractivity contribution in [1.82, 2.24) is 5.32 Å². The molecule has 3 N–H and O–H groups in total. The summed E-state index contributed by atoms with van der Waals surface area (Å²) in [4.78, 5) is 3.80. The Morgan fingerprint density at radius 1 is 1.24 bits per heavy atom. The Hall–Kier alpha value is -0.720. The largest absolute Gasteiger partial charge is 0.394 e. The summed E-state index contributed by atoms with van der Waals surface area (Å²) in [5, 5.41) is 23.0. The van der Waals surface area contributed by atoms with Crippen molar-refractivity contribution in [2.45, 2.75) is 12.6 Å². The standard InChI is InChI=1S/C12H15NO2S2/c14-8-9(15)6-13-7-10-3-4-12(17-10)11-2-1-5-16-11/h1-5,9,13-15H,6-8H2. The molecule has 17 heavy (non-hydrogen) atoms. The minimum absolute atomic E-state index is 0.197. The monoisotopic (exact) mass is 269 g/mol. The van der Waals surface area contributed by atoms with Crippen LogP contribution in [0.25, 0.3) is 9.75 Å². The number of aliphatic hydroxyl groups is 2. The molecule has 92 valence electrons. The van der Waals surface area contributed by atoms with Crippen molar-refractivity contribution in [2.75, 3.05) is 13.2 Å². The van der Waals surface area contributed by atoms with Gasteiger partial charge in [0.2, 0.25) is 0 Å². The Balaban J connectivity index is 1.87. The lowest BCUT2D eigenvalue weighted by Gasteiger charge is -2.07. The SMILES string of the molecule is OCC(O)CNCc1ccc(-c2cccs2)s1. The van der Waals surface area contributed by atoms with Crippen molar-refractivity contribution < 1.29 is 10.2 Å². The average Bonchev–Trinajstić information content (AvgIpc) is 2.98. The second-order valence-corrected chi connectivity index (χ2v) is 5.83. The molecule has 0 spiro atoms. The molecular formula is C12H15NO2S2. The number of aliphatic hydroxyl groups excluding tert-OH is 2. The zero-order valence-electron chi connectivity index (χ0n) is 9.30. The van der Waals surface area contributed by atoms with E-state index >= 15 is 0 Å². The molecule has 2 aromatic heterocycles. The summed E-state index contributed by atoms with van der Waals surface area (Å²) in [6.45, 7) is 0.952. The summed E-state index contributed by atoms with van der Waals surface area (Å²) in [7, 11) is 0. The fourth-order valence-electron chi connectivity index (χ4n) is 1.45. The molecule has 2 rings (SSSR count).